The van der Waals surface area contributed by atoms with Crippen molar-refractivity contribution in [3.8, 4) is 0 Å². The normalized spacial score (nSPS) is 12.1. The summed E-state index contributed by atoms with van der Waals surface area (Å²) in [5.74, 6) is -0.891. The Kier molecular flexibility index (Phi) is 5.62. The number of carboxylic acids is 1. The lowest BCUT2D eigenvalue weighted by Crippen LogP contribution is -2.18. The molecule has 106 valence electrons. The van der Waals surface area contributed by atoms with Gasteiger partial charge in [0.15, 0.2) is 0 Å². The molecular weight excluding hydrogens is 283 g/mol. The van der Waals surface area contributed by atoms with Gasteiger partial charge in [-0.15, -0.1) is 0 Å². The maximum absolute atomic E-state index is 12.9. The highest BCUT2D eigenvalue weighted by Crippen LogP contribution is 2.64. The summed E-state index contributed by atoms with van der Waals surface area (Å²) in [5.41, 5.74) is 0.684. The number of carboxylic acid groups (broad SMARTS) is 1. The van der Waals surface area contributed by atoms with Crippen molar-refractivity contribution in [2.24, 2.45) is 0 Å². The van der Waals surface area contributed by atoms with Crippen LogP contribution in [-0.2, 0) is 15.8 Å². The quantitative estimate of drug-likeness (QED) is 0.815. The third-order valence-corrected chi connectivity index (χ3v) is 8.66. The van der Waals surface area contributed by atoms with Crippen molar-refractivity contribution in [3.05, 3.63) is 29.8 Å². The Labute approximate surface area is 117 Å². The van der Waals surface area contributed by atoms with Gasteiger partial charge < -0.3 is 5.11 Å². The summed E-state index contributed by atoms with van der Waals surface area (Å²) in [5, 5.41) is 8.91. The van der Waals surface area contributed by atoms with Crippen LogP contribution in [0.1, 0.15) is 5.56 Å². The van der Waals surface area contributed by atoms with Crippen molar-refractivity contribution < 1.29 is 14.5 Å². The highest BCUT2D eigenvalue weighted by molar-refractivity contribution is 8.56. The minimum Gasteiger partial charge on any atom is -0.481 e. The third kappa shape index (κ3) is 4.08. The van der Waals surface area contributed by atoms with Crippen LogP contribution in [0.5, 0.6) is 0 Å². The summed E-state index contributed by atoms with van der Waals surface area (Å²) in [6, 6.07) is 7.18. The van der Waals surface area contributed by atoms with Gasteiger partial charge >= 0.3 is 5.97 Å². The molecule has 0 aliphatic carbocycles. The zero-order chi connectivity index (χ0) is 14.6. The van der Waals surface area contributed by atoms with Crippen LogP contribution in [0.25, 0.3) is 0 Å². The highest BCUT2D eigenvalue weighted by atomic mass is 32.7. The number of nitrogens with zero attached hydrogens (tertiary/aromatic N) is 2. The summed E-state index contributed by atoms with van der Waals surface area (Å²) in [4.78, 5) is 11.6. The second-order valence-electron chi connectivity index (χ2n) is 4.45. The van der Waals surface area contributed by atoms with Gasteiger partial charge in [-0.3, -0.25) is 9.36 Å². The minimum absolute atomic E-state index is 0.0654. The van der Waals surface area contributed by atoms with E-state index in [-0.39, 0.29) is 6.42 Å². The summed E-state index contributed by atoms with van der Waals surface area (Å²) in [7, 11) is 7.03. The number of hydrogen-bond acceptors (Lipinski definition) is 3. The molecule has 0 aliphatic rings. The van der Waals surface area contributed by atoms with Gasteiger partial charge in [-0.1, -0.05) is 18.2 Å². The lowest BCUT2D eigenvalue weighted by Gasteiger charge is -2.29. The molecule has 0 heterocycles. The van der Waals surface area contributed by atoms with Crippen LogP contribution in [0.3, 0.4) is 0 Å². The molecule has 0 saturated carbocycles. The molecule has 19 heavy (non-hydrogen) atoms. The molecule has 0 bridgehead atoms. The van der Waals surface area contributed by atoms with Crippen LogP contribution in [0.4, 0.5) is 0 Å². The van der Waals surface area contributed by atoms with Crippen molar-refractivity contribution in [1.29, 1.82) is 0 Å². The monoisotopic (exact) mass is 302 g/mol. The molecule has 7 heteroatoms. The predicted octanol–water partition coefficient (Wildman–Crippen LogP) is 2.64. The minimum atomic E-state index is -2.77. The predicted molar refractivity (Wildman–Crippen MR) is 78.6 cm³/mol. The molecule has 0 atom stereocenters. The van der Waals surface area contributed by atoms with Gasteiger partial charge in [0.2, 0.25) is 0 Å². The van der Waals surface area contributed by atoms with E-state index in [0.29, 0.717) is 5.56 Å². The number of hydrogen-bond donors (Lipinski definition) is 1. The standard InChI is InChI=1S/C12H19N2O3PS/c1-13(2)18(17,14(3)4)19-11-8-6-5-7-10(11)9-12(15)16/h5-8H,9H2,1-4H3,(H,15,16). The maximum atomic E-state index is 12.9. The third-order valence-electron chi connectivity index (χ3n) is 2.54. The fourth-order valence-electron chi connectivity index (χ4n) is 1.55. The molecule has 1 aromatic carbocycles. The van der Waals surface area contributed by atoms with E-state index in [9.17, 15) is 9.36 Å². The first-order valence-electron chi connectivity index (χ1n) is 5.72. The van der Waals surface area contributed by atoms with Gasteiger partial charge in [0.05, 0.1) is 6.42 Å². The highest BCUT2D eigenvalue weighted by Gasteiger charge is 2.30. The van der Waals surface area contributed by atoms with E-state index in [1.165, 1.54) is 11.4 Å². The van der Waals surface area contributed by atoms with Crippen LogP contribution in [0.15, 0.2) is 29.2 Å². The largest absolute Gasteiger partial charge is 0.481 e. The number of benzene rings is 1. The molecule has 5 nitrogen and oxygen atoms in total. The molecule has 1 rings (SSSR count). The number of rotatable bonds is 6. The van der Waals surface area contributed by atoms with Crippen molar-refractivity contribution in [1.82, 2.24) is 9.34 Å². The SMILES string of the molecule is CN(C)P(=O)(Sc1ccccc1CC(=O)O)N(C)C. The number of carbonyl (C=O) groups is 1. The molecule has 0 aromatic heterocycles. The second kappa shape index (κ2) is 6.57. The zero-order valence-corrected chi connectivity index (χ0v) is 13.2. The molecule has 0 radical (unpaired) electrons. The Morgan fingerprint density at radius 3 is 2.21 bits per heavy atom. The summed E-state index contributed by atoms with van der Waals surface area (Å²) < 4.78 is 16.2. The van der Waals surface area contributed by atoms with Crippen LogP contribution < -0.4 is 0 Å². The summed E-state index contributed by atoms with van der Waals surface area (Å²) in [6.07, 6.45) is -0.0654. The van der Waals surface area contributed by atoms with Crippen molar-refractivity contribution in [3.63, 3.8) is 0 Å². The van der Waals surface area contributed by atoms with Gasteiger partial charge in [-0.2, -0.15) is 0 Å². The first-order chi connectivity index (χ1) is 8.77. The Bertz CT molecular complexity index is 494. The van der Waals surface area contributed by atoms with Crippen molar-refractivity contribution in [2.75, 3.05) is 28.2 Å². The van der Waals surface area contributed by atoms with Gasteiger partial charge in [-0.25, -0.2) is 9.34 Å². The van der Waals surface area contributed by atoms with E-state index in [2.05, 4.69) is 0 Å². The van der Waals surface area contributed by atoms with Gasteiger partial charge in [-0.05, 0) is 51.2 Å². The van der Waals surface area contributed by atoms with Crippen molar-refractivity contribution >= 4 is 24.0 Å². The molecule has 0 fully saturated rings. The maximum Gasteiger partial charge on any atom is 0.307 e. The molecule has 1 aromatic rings. The second-order valence-corrected chi connectivity index (χ2v) is 9.63. The molecule has 0 amide bonds. The van der Waals surface area contributed by atoms with E-state index in [0.717, 1.165) is 4.90 Å². The summed E-state index contributed by atoms with van der Waals surface area (Å²) in [6.45, 7) is -2.77. The average Bonchev–Trinajstić information content (AvgIpc) is 2.30. The molecule has 0 aliphatic heterocycles. The topological polar surface area (TPSA) is 60.9 Å². The van der Waals surface area contributed by atoms with Crippen LogP contribution in [0, 0.1) is 0 Å². The lowest BCUT2D eigenvalue weighted by molar-refractivity contribution is -0.136. The molecule has 0 saturated heterocycles. The first kappa shape index (κ1) is 16.2. The van der Waals surface area contributed by atoms with E-state index in [4.69, 9.17) is 5.11 Å². The molecule has 0 unspecified atom stereocenters. The fraction of sp³-hybridized carbons (Fsp3) is 0.417. The van der Waals surface area contributed by atoms with Crippen LogP contribution in [0.2, 0.25) is 0 Å². The molecule has 0 spiro atoms. The fourth-order valence-corrected chi connectivity index (χ4v) is 5.53. The van der Waals surface area contributed by atoms with Gasteiger partial charge in [0.1, 0.15) is 0 Å². The summed E-state index contributed by atoms with van der Waals surface area (Å²) >= 11 is 1.22. The zero-order valence-electron chi connectivity index (χ0n) is 11.5. The Hall–Kier alpha value is -0.810. The lowest BCUT2D eigenvalue weighted by atomic mass is 10.1. The average molecular weight is 302 g/mol. The van der Waals surface area contributed by atoms with Crippen molar-refractivity contribution in [2.45, 2.75) is 11.3 Å². The molecule has 1 N–H and O–H groups in total. The van der Waals surface area contributed by atoms with E-state index >= 15 is 0 Å². The Balaban J connectivity index is 3.10. The Morgan fingerprint density at radius 2 is 1.74 bits per heavy atom. The van der Waals surface area contributed by atoms with E-state index in [1.54, 1.807) is 49.7 Å². The molecular formula is C12H19N2O3PS. The van der Waals surface area contributed by atoms with E-state index in [1.807, 2.05) is 12.1 Å². The van der Waals surface area contributed by atoms with E-state index < -0.39 is 12.6 Å². The van der Waals surface area contributed by atoms with Gasteiger partial charge in [0.25, 0.3) is 6.65 Å². The van der Waals surface area contributed by atoms with Crippen LogP contribution in [-0.4, -0.2) is 48.6 Å². The smallest absolute Gasteiger partial charge is 0.307 e. The van der Waals surface area contributed by atoms with Gasteiger partial charge in [0, 0.05) is 4.90 Å². The number of aliphatic carboxylic acids is 1. The Morgan fingerprint density at radius 1 is 1.21 bits per heavy atom. The van der Waals surface area contributed by atoms with Crippen LogP contribution >= 0.6 is 18.0 Å². The first-order valence-corrected chi connectivity index (χ1v) is 8.75.